The third kappa shape index (κ3) is 1.68. The van der Waals surface area contributed by atoms with E-state index < -0.39 is 0 Å². The van der Waals surface area contributed by atoms with Crippen LogP contribution < -0.4 is 0 Å². The van der Waals surface area contributed by atoms with Crippen molar-refractivity contribution < 1.29 is 0 Å². The highest BCUT2D eigenvalue weighted by Crippen LogP contribution is 2.11. The average Bonchev–Trinajstić information content (AvgIpc) is 2.58. The van der Waals surface area contributed by atoms with Crippen LogP contribution in [0, 0.1) is 0 Å². The molecule has 2 rings (SSSR count). The fraction of sp³-hybridized carbons (Fsp3) is 0.300. The Balaban J connectivity index is 2.35. The molecule has 0 saturated carbocycles. The SMILES string of the molecule is ClCCCn1cnc2ccccc21. The van der Waals surface area contributed by atoms with Gasteiger partial charge in [0.15, 0.2) is 0 Å². The molecule has 0 amide bonds. The summed E-state index contributed by atoms with van der Waals surface area (Å²) >= 11 is 5.64. The molecular formula is C10H11ClN2. The molecule has 1 heterocycles. The lowest BCUT2D eigenvalue weighted by Crippen LogP contribution is -1.95. The topological polar surface area (TPSA) is 17.8 Å². The Morgan fingerprint density at radius 1 is 1.31 bits per heavy atom. The molecule has 0 fully saturated rings. The van der Waals surface area contributed by atoms with Crippen LogP contribution in [0.3, 0.4) is 0 Å². The molecule has 0 aliphatic carbocycles. The van der Waals surface area contributed by atoms with E-state index in [-0.39, 0.29) is 0 Å². The minimum absolute atomic E-state index is 0.701. The highest BCUT2D eigenvalue weighted by molar-refractivity contribution is 6.17. The summed E-state index contributed by atoms with van der Waals surface area (Å²) in [7, 11) is 0. The van der Waals surface area contributed by atoms with Crippen molar-refractivity contribution in [2.24, 2.45) is 0 Å². The van der Waals surface area contributed by atoms with E-state index in [1.54, 1.807) is 0 Å². The van der Waals surface area contributed by atoms with Crippen molar-refractivity contribution in [3.05, 3.63) is 30.6 Å². The number of aromatic nitrogens is 2. The fourth-order valence-electron chi connectivity index (χ4n) is 1.42. The van der Waals surface area contributed by atoms with Crippen molar-refractivity contribution in [1.29, 1.82) is 0 Å². The minimum Gasteiger partial charge on any atom is -0.331 e. The van der Waals surface area contributed by atoms with Gasteiger partial charge in [-0.15, -0.1) is 11.6 Å². The van der Waals surface area contributed by atoms with Gasteiger partial charge in [-0.25, -0.2) is 4.98 Å². The molecule has 68 valence electrons. The van der Waals surface area contributed by atoms with Gasteiger partial charge in [0.05, 0.1) is 17.4 Å². The molecule has 1 aromatic heterocycles. The molecular weight excluding hydrogens is 184 g/mol. The van der Waals surface area contributed by atoms with Gasteiger partial charge < -0.3 is 4.57 Å². The van der Waals surface area contributed by atoms with Gasteiger partial charge in [0.1, 0.15) is 0 Å². The van der Waals surface area contributed by atoms with Gasteiger partial charge in [0, 0.05) is 12.4 Å². The Kier molecular flexibility index (Phi) is 2.50. The van der Waals surface area contributed by atoms with E-state index in [2.05, 4.69) is 15.6 Å². The Morgan fingerprint density at radius 2 is 2.15 bits per heavy atom. The number of nitrogens with zero attached hydrogens (tertiary/aromatic N) is 2. The second-order valence-electron chi connectivity index (χ2n) is 2.97. The number of hydrogen-bond donors (Lipinski definition) is 0. The summed E-state index contributed by atoms with van der Waals surface area (Å²) in [6, 6.07) is 8.13. The summed E-state index contributed by atoms with van der Waals surface area (Å²) in [4.78, 5) is 4.29. The lowest BCUT2D eigenvalue weighted by atomic mass is 10.3. The third-order valence-corrected chi connectivity index (χ3v) is 2.33. The molecule has 0 saturated heterocycles. The Morgan fingerprint density at radius 3 is 3.00 bits per heavy atom. The Hall–Kier alpha value is -1.02. The highest BCUT2D eigenvalue weighted by Gasteiger charge is 1.99. The van der Waals surface area contributed by atoms with Crippen LogP contribution in [0.1, 0.15) is 6.42 Å². The summed E-state index contributed by atoms with van der Waals surface area (Å²) < 4.78 is 2.14. The minimum atomic E-state index is 0.701. The molecule has 0 aliphatic heterocycles. The van der Waals surface area contributed by atoms with Crippen LogP contribution in [-0.4, -0.2) is 15.4 Å². The average molecular weight is 195 g/mol. The molecule has 0 radical (unpaired) electrons. The zero-order valence-electron chi connectivity index (χ0n) is 7.28. The normalized spacial score (nSPS) is 10.8. The molecule has 0 aliphatic rings. The number of imidazole rings is 1. The van der Waals surface area contributed by atoms with Crippen molar-refractivity contribution in [2.45, 2.75) is 13.0 Å². The predicted octanol–water partition coefficient (Wildman–Crippen LogP) is 2.67. The van der Waals surface area contributed by atoms with Gasteiger partial charge in [-0.1, -0.05) is 12.1 Å². The summed E-state index contributed by atoms with van der Waals surface area (Å²) in [6.45, 7) is 0.948. The predicted molar refractivity (Wildman–Crippen MR) is 55.1 cm³/mol. The molecule has 0 spiro atoms. The van der Waals surface area contributed by atoms with Crippen molar-refractivity contribution in [1.82, 2.24) is 9.55 Å². The molecule has 2 nitrogen and oxygen atoms in total. The van der Waals surface area contributed by atoms with E-state index in [1.807, 2.05) is 24.5 Å². The molecule has 0 unspecified atom stereocenters. The van der Waals surface area contributed by atoms with Crippen molar-refractivity contribution in [3.8, 4) is 0 Å². The molecule has 2 aromatic rings. The number of alkyl halides is 1. The zero-order valence-corrected chi connectivity index (χ0v) is 8.04. The van der Waals surface area contributed by atoms with E-state index in [9.17, 15) is 0 Å². The summed E-state index contributed by atoms with van der Waals surface area (Å²) in [6.07, 6.45) is 2.86. The van der Waals surface area contributed by atoms with Gasteiger partial charge in [-0.3, -0.25) is 0 Å². The number of halogens is 1. The number of fused-ring (bicyclic) bond motifs is 1. The van der Waals surface area contributed by atoms with Crippen LogP contribution in [0.5, 0.6) is 0 Å². The van der Waals surface area contributed by atoms with Crippen molar-refractivity contribution >= 4 is 22.6 Å². The van der Waals surface area contributed by atoms with E-state index >= 15 is 0 Å². The molecule has 3 heteroatoms. The largest absolute Gasteiger partial charge is 0.331 e. The van der Waals surface area contributed by atoms with E-state index in [4.69, 9.17) is 11.6 Å². The third-order valence-electron chi connectivity index (χ3n) is 2.06. The maximum absolute atomic E-state index is 5.64. The quantitative estimate of drug-likeness (QED) is 0.687. The number of para-hydroxylation sites is 2. The fourth-order valence-corrected chi connectivity index (χ4v) is 1.54. The van der Waals surface area contributed by atoms with Gasteiger partial charge >= 0.3 is 0 Å². The lowest BCUT2D eigenvalue weighted by Gasteiger charge is -2.00. The summed E-state index contributed by atoms with van der Waals surface area (Å²) in [5.74, 6) is 0.701. The van der Waals surface area contributed by atoms with Crippen molar-refractivity contribution in [3.63, 3.8) is 0 Å². The maximum atomic E-state index is 5.64. The number of rotatable bonds is 3. The number of benzene rings is 1. The standard InChI is InChI=1S/C10H11ClN2/c11-6-3-7-13-8-12-9-4-1-2-5-10(9)13/h1-2,4-5,8H,3,6-7H2. The zero-order chi connectivity index (χ0) is 9.10. The molecule has 0 N–H and O–H groups in total. The van der Waals surface area contributed by atoms with Gasteiger partial charge in [-0.2, -0.15) is 0 Å². The molecule has 0 bridgehead atoms. The monoisotopic (exact) mass is 194 g/mol. The Bertz CT molecular complexity index is 394. The van der Waals surface area contributed by atoms with Gasteiger partial charge in [0.25, 0.3) is 0 Å². The Labute approximate surface area is 82.1 Å². The van der Waals surface area contributed by atoms with Gasteiger partial charge in [0.2, 0.25) is 0 Å². The number of aryl methyl sites for hydroxylation is 1. The van der Waals surface area contributed by atoms with Crippen molar-refractivity contribution in [2.75, 3.05) is 5.88 Å². The van der Waals surface area contributed by atoms with Crippen LogP contribution in [0.2, 0.25) is 0 Å². The van der Waals surface area contributed by atoms with Crippen LogP contribution in [0.4, 0.5) is 0 Å². The second-order valence-corrected chi connectivity index (χ2v) is 3.35. The second kappa shape index (κ2) is 3.79. The number of hydrogen-bond acceptors (Lipinski definition) is 1. The maximum Gasteiger partial charge on any atom is 0.0958 e. The van der Waals surface area contributed by atoms with E-state index in [1.165, 1.54) is 5.52 Å². The van der Waals surface area contributed by atoms with Crippen LogP contribution in [0.15, 0.2) is 30.6 Å². The van der Waals surface area contributed by atoms with Crippen LogP contribution >= 0.6 is 11.6 Å². The molecule has 0 atom stereocenters. The highest BCUT2D eigenvalue weighted by atomic mass is 35.5. The van der Waals surface area contributed by atoms with Crippen LogP contribution in [0.25, 0.3) is 11.0 Å². The van der Waals surface area contributed by atoms with E-state index in [0.717, 1.165) is 18.5 Å². The molecule has 1 aromatic carbocycles. The smallest absolute Gasteiger partial charge is 0.0958 e. The first kappa shape index (κ1) is 8.57. The first-order valence-electron chi connectivity index (χ1n) is 4.37. The van der Waals surface area contributed by atoms with Gasteiger partial charge in [-0.05, 0) is 18.6 Å². The summed E-state index contributed by atoms with van der Waals surface area (Å²) in [5.41, 5.74) is 2.24. The summed E-state index contributed by atoms with van der Waals surface area (Å²) in [5, 5.41) is 0. The van der Waals surface area contributed by atoms with Crippen LogP contribution in [-0.2, 0) is 6.54 Å². The molecule has 13 heavy (non-hydrogen) atoms. The first-order chi connectivity index (χ1) is 6.42. The lowest BCUT2D eigenvalue weighted by molar-refractivity contribution is 0.700. The van der Waals surface area contributed by atoms with E-state index in [0.29, 0.717) is 5.88 Å². The first-order valence-corrected chi connectivity index (χ1v) is 4.91.